The summed E-state index contributed by atoms with van der Waals surface area (Å²) in [5, 5.41) is 1.39. The normalized spacial score (nSPS) is 9.96. The summed E-state index contributed by atoms with van der Waals surface area (Å²) in [6.07, 6.45) is 3.82. The second-order valence-corrected chi connectivity index (χ2v) is 5.05. The van der Waals surface area contributed by atoms with Crippen LogP contribution in [0.1, 0.15) is 11.1 Å². The number of hydrogen-bond acceptors (Lipinski definition) is 6. The van der Waals surface area contributed by atoms with E-state index in [0.717, 1.165) is 16.5 Å². The molecule has 0 aliphatic heterocycles. The lowest BCUT2D eigenvalue weighted by molar-refractivity contribution is 1.10. The van der Waals surface area contributed by atoms with Gasteiger partial charge in [0.15, 0.2) is 0 Å². The first-order valence-electron chi connectivity index (χ1n) is 6.24. The van der Waals surface area contributed by atoms with Crippen LogP contribution in [0.25, 0.3) is 10.9 Å². The van der Waals surface area contributed by atoms with Gasteiger partial charge in [0.25, 0.3) is 0 Å². The van der Waals surface area contributed by atoms with E-state index < -0.39 is 0 Å². The van der Waals surface area contributed by atoms with Gasteiger partial charge in [-0.2, -0.15) is 4.98 Å². The van der Waals surface area contributed by atoms with Gasteiger partial charge in [-0.3, -0.25) is 4.98 Å². The number of halogens is 3. The average Bonchev–Trinajstić information content (AvgIpc) is 2.47. The van der Waals surface area contributed by atoms with E-state index in [1.165, 1.54) is 0 Å². The topological polar surface area (TPSA) is 117 Å². The van der Waals surface area contributed by atoms with Crippen LogP contribution in [0.2, 0.25) is 5.02 Å². The minimum absolute atomic E-state index is 0. The zero-order valence-corrected chi connectivity index (χ0v) is 14.3. The van der Waals surface area contributed by atoms with E-state index in [9.17, 15) is 0 Å². The van der Waals surface area contributed by atoms with Crippen LogP contribution in [0.4, 0.5) is 17.5 Å². The number of aromatic nitrogens is 3. The Morgan fingerprint density at radius 1 is 1.04 bits per heavy atom. The lowest BCUT2D eigenvalue weighted by atomic mass is 10.0. The second-order valence-electron chi connectivity index (χ2n) is 4.65. The van der Waals surface area contributed by atoms with Crippen molar-refractivity contribution in [2.45, 2.75) is 6.42 Å². The van der Waals surface area contributed by atoms with Gasteiger partial charge in [-0.25, -0.2) is 4.98 Å². The Labute approximate surface area is 150 Å². The standard InChI is InChI=1S/C14H13ClN6.2ClH/c15-10-5-7(4-8-6-20-14(18)21-13(8)17)9-2-1-3-19-12(9)11(10)16;;/h1-3,5-6H,4,16H2,(H4,17,18,20,21);2*1H. The number of nitrogens with zero attached hydrogens (tertiary/aromatic N) is 3. The molecule has 0 fully saturated rings. The largest absolute Gasteiger partial charge is 0.396 e. The number of hydrogen-bond donors (Lipinski definition) is 3. The highest BCUT2D eigenvalue weighted by molar-refractivity contribution is 6.34. The van der Waals surface area contributed by atoms with E-state index in [-0.39, 0.29) is 30.8 Å². The number of anilines is 3. The Balaban J connectivity index is 0.00000132. The van der Waals surface area contributed by atoms with E-state index >= 15 is 0 Å². The molecule has 9 heteroatoms. The summed E-state index contributed by atoms with van der Waals surface area (Å²) >= 11 is 6.18. The zero-order chi connectivity index (χ0) is 15.0. The molecule has 0 atom stereocenters. The molecule has 0 spiro atoms. The molecule has 3 aromatic rings. The van der Waals surface area contributed by atoms with Crippen molar-refractivity contribution in [1.82, 2.24) is 15.0 Å². The summed E-state index contributed by atoms with van der Waals surface area (Å²) < 4.78 is 0. The van der Waals surface area contributed by atoms with Gasteiger partial charge >= 0.3 is 0 Å². The van der Waals surface area contributed by atoms with Crippen molar-refractivity contribution in [3.05, 3.63) is 46.7 Å². The number of rotatable bonds is 2. The van der Waals surface area contributed by atoms with Gasteiger partial charge in [-0.15, -0.1) is 24.8 Å². The summed E-state index contributed by atoms with van der Waals surface area (Å²) in [5.41, 5.74) is 20.2. The number of pyridine rings is 1. The van der Waals surface area contributed by atoms with Crippen molar-refractivity contribution in [3.63, 3.8) is 0 Å². The lowest BCUT2D eigenvalue weighted by Crippen LogP contribution is -2.04. The average molecular weight is 374 g/mol. The molecule has 2 aromatic heterocycles. The molecule has 0 bridgehead atoms. The Morgan fingerprint density at radius 2 is 1.78 bits per heavy atom. The van der Waals surface area contributed by atoms with Gasteiger partial charge in [0.05, 0.1) is 16.2 Å². The zero-order valence-electron chi connectivity index (χ0n) is 11.9. The smallest absolute Gasteiger partial charge is 0.221 e. The van der Waals surface area contributed by atoms with E-state index in [1.807, 2.05) is 18.2 Å². The van der Waals surface area contributed by atoms with Crippen LogP contribution in [0, 0.1) is 0 Å². The minimum atomic E-state index is 0. The first-order valence-corrected chi connectivity index (χ1v) is 6.62. The van der Waals surface area contributed by atoms with Crippen LogP contribution in [0.5, 0.6) is 0 Å². The van der Waals surface area contributed by atoms with Gasteiger partial charge in [0.2, 0.25) is 5.95 Å². The SMILES string of the molecule is Cl.Cl.Nc1ncc(Cc2cc(Cl)c(N)c3ncccc23)c(N)n1. The first-order chi connectivity index (χ1) is 10.1. The summed E-state index contributed by atoms with van der Waals surface area (Å²) in [5.74, 6) is 0.505. The fourth-order valence-electron chi connectivity index (χ4n) is 2.22. The fourth-order valence-corrected chi connectivity index (χ4v) is 2.44. The summed E-state index contributed by atoms with van der Waals surface area (Å²) in [4.78, 5) is 12.2. The Morgan fingerprint density at radius 3 is 2.48 bits per heavy atom. The Kier molecular flexibility index (Phi) is 6.20. The molecule has 3 rings (SSSR count). The molecule has 6 nitrogen and oxygen atoms in total. The van der Waals surface area contributed by atoms with Crippen molar-refractivity contribution in [2.75, 3.05) is 17.2 Å². The molecule has 122 valence electrons. The third-order valence-corrected chi connectivity index (χ3v) is 3.58. The van der Waals surface area contributed by atoms with E-state index in [0.29, 0.717) is 28.5 Å². The maximum absolute atomic E-state index is 6.18. The summed E-state index contributed by atoms with van der Waals surface area (Å²) in [6, 6.07) is 5.61. The molecule has 6 N–H and O–H groups in total. The van der Waals surface area contributed by atoms with E-state index in [2.05, 4.69) is 15.0 Å². The number of benzene rings is 1. The van der Waals surface area contributed by atoms with Gasteiger partial charge < -0.3 is 17.2 Å². The molecule has 23 heavy (non-hydrogen) atoms. The van der Waals surface area contributed by atoms with Gasteiger partial charge in [-0.05, 0) is 17.7 Å². The van der Waals surface area contributed by atoms with Gasteiger partial charge in [0.1, 0.15) is 5.82 Å². The lowest BCUT2D eigenvalue weighted by Gasteiger charge is -2.11. The molecule has 0 radical (unpaired) electrons. The predicted molar refractivity (Wildman–Crippen MR) is 99.3 cm³/mol. The van der Waals surface area contributed by atoms with Crippen LogP contribution in [0.3, 0.4) is 0 Å². The van der Waals surface area contributed by atoms with Crippen molar-refractivity contribution < 1.29 is 0 Å². The van der Waals surface area contributed by atoms with E-state index in [4.69, 9.17) is 28.8 Å². The molecular weight excluding hydrogens is 359 g/mol. The highest BCUT2D eigenvalue weighted by Crippen LogP contribution is 2.31. The maximum atomic E-state index is 6.18. The molecule has 0 aliphatic rings. The first kappa shape index (κ1) is 19.0. The van der Waals surface area contributed by atoms with Crippen LogP contribution >= 0.6 is 36.4 Å². The van der Waals surface area contributed by atoms with Crippen molar-refractivity contribution in [2.24, 2.45) is 0 Å². The van der Waals surface area contributed by atoms with Gasteiger partial charge in [-0.1, -0.05) is 17.7 Å². The molecule has 0 amide bonds. The third-order valence-electron chi connectivity index (χ3n) is 3.26. The summed E-state index contributed by atoms with van der Waals surface area (Å²) in [6.45, 7) is 0. The van der Waals surface area contributed by atoms with Crippen molar-refractivity contribution >= 4 is 64.8 Å². The molecule has 0 unspecified atom stereocenters. The predicted octanol–water partition coefficient (Wildman–Crippen LogP) is 2.86. The molecule has 0 aliphatic carbocycles. The van der Waals surface area contributed by atoms with Crippen LogP contribution in [-0.4, -0.2) is 15.0 Å². The number of fused-ring (bicyclic) bond motifs is 1. The molecule has 0 saturated heterocycles. The van der Waals surface area contributed by atoms with E-state index in [1.54, 1.807) is 12.4 Å². The van der Waals surface area contributed by atoms with Gasteiger partial charge in [0, 0.05) is 29.8 Å². The third kappa shape index (κ3) is 3.67. The molecular formula is C14H15Cl3N6. The quantitative estimate of drug-likeness (QED) is 0.595. The Hall–Kier alpha value is -2.02. The minimum Gasteiger partial charge on any atom is -0.396 e. The highest BCUT2D eigenvalue weighted by Gasteiger charge is 2.12. The Bertz CT molecular complexity index is 840. The van der Waals surface area contributed by atoms with Crippen molar-refractivity contribution in [3.8, 4) is 0 Å². The molecule has 1 aromatic carbocycles. The van der Waals surface area contributed by atoms with Crippen LogP contribution in [0.15, 0.2) is 30.6 Å². The van der Waals surface area contributed by atoms with Crippen LogP contribution < -0.4 is 17.2 Å². The second kappa shape index (κ2) is 7.50. The monoisotopic (exact) mass is 372 g/mol. The summed E-state index contributed by atoms with van der Waals surface area (Å²) in [7, 11) is 0. The fraction of sp³-hybridized carbons (Fsp3) is 0.0714. The maximum Gasteiger partial charge on any atom is 0.221 e. The van der Waals surface area contributed by atoms with Crippen molar-refractivity contribution in [1.29, 1.82) is 0 Å². The molecule has 0 saturated carbocycles. The number of nitrogens with two attached hydrogens (primary N) is 3. The molecule has 2 heterocycles. The van der Waals surface area contributed by atoms with Crippen LogP contribution in [-0.2, 0) is 6.42 Å². The number of nitrogen functional groups attached to an aromatic ring is 3. The highest BCUT2D eigenvalue weighted by atomic mass is 35.5.